The number of hydrazone groups is 1. The van der Waals surface area contributed by atoms with Gasteiger partial charge in [0.15, 0.2) is 6.61 Å². The Hall–Kier alpha value is -2.14. The molecule has 2 rings (SSSR count). The normalized spacial score (nSPS) is 11.0. The van der Waals surface area contributed by atoms with Crippen LogP contribution < -0.4 is 10.2 Å². The number of amides is 1. The fourth-order valence-electron chi connectivity index (χ4n) is 2.05. The number of benzene rings is 2. The van der Waals surface area contributed by atoms with E-state index in [0.29, 0.717) is 18.1 Å². The predicted molar refractivity (Wildman–Crippen MR) is 101 cm³/mol. The van der Waals surface area contributed by atoms with Gasteiger partial charge in [0, 0.05) is 12.6 Å². The molecule has 0 aromatic heterocycles. The van der Waals surface area contributed by atoms with Crippen LogP contribution in [0.5, 0.6) is 5.75 Å². The van der Waals surface area contributed by atoms with E-state index >= 15 is 0 Å². The zero-order valence-electron chi connectivity index (χ0n) is 13.8. The molecule has 0 aliphatic rings. The molecular formula is C19H21BrN2O2. The van der Waals surface area contributed by atoms with Crippen LogP contribution in [0.3, 0.4) is 0 Å². The van der Waals surface area contributed by atoms with E-state index in [1.807, 2.05) is 48.5 Å². The summed E-state index contributed by atoms with van der Waals surface area (Å²) < 4.78 is 6.36. The van der Waals surface area contributed by atoms with Crippen LogP contribution in [0.4, 0.5) is 0 Å². The number of ether oxygens (including phenoxy) is 1. The van der Waals surface area contributed by atoms with E-state index in [0.717, 1.165) is 10.0 Å². The van der Waals surface area contributed by atoms with Crippen LogP contribution in [0.15, 0.2) is 58.1 Å². The zero-order chi connectivity index (χ0) is 17.4. The second kappa shape index (κ2) is 9.23. The molecule has 0 aliphatic carbocycles. The first-order valence-electron chi connectivity index (χ1n) is 7.83. The number of halogens is 1. The van der Waals surface area contributed by atoms with Gasteiger partial charge >= 0.3 is 0 Å². The number of hydrogen-bond acceptors (Lipinski definition) is 3. The Bertz CT molecular complexity index is 700. The Morgan fingerprint density at radius 2 is 2.00 bits per heavy atom. The van der Waals surface area contributed by atoms with Crippen LogP contribution in [-0.4, -0.2) is 18.7 Å². The van der Waals surface area contributed by atoms with E-state index in [-0.39, 0.29) is 12.5 Å². The van der Waals surface area contributed by atoms with Crippen LogP contribution in [0.1, 0.15) is 30.9 Å². The standard InChI is InChI=1S/C19H21BrN2O2/c1-14(2)16-8-9-18(17(20)12-16)24-13-19(23)22-21-11-10-15-6-4-3-5-7-15/h3-9,11-12,14H,10,13H2,1-2H3,(H,22,23). The molecule has 0 heterocycles. The minimum Gasteiger partial charge on any atom is -0.483 e. The molecule has 0 atom stereocenters. The van der Waals surface area contributed by atoms with Gasteiger partial charge < -0.3 is 4.74 Å². The first kappa shape index (κ1) is 18.2. The number of rotatable bonds is 7. The largest absolute Gasteiger partial charge is 0.483 e. The Morgan fingerprint density at radius 3 is 2.67 bits per heavy atom. The van der Waals surface area contributed by atoms with Crippen molar-refractivity contribution in [1.29, 1.82) is 0 Å². The average molecular weight is 389 g/mol. The number of carbonyl (C=O) groups is 1. The van der Waals surface area contributed by atoms with Gasteiger partial charge in [-0.2, -0.15) is 5.10 Å². The molecule has 0 aliphatic heterocycles. The molecule has 0 bridgehead atoms. The molecule has 0 spiro atoms. The lowest BCUT2D eigenvalue weighted by molar-refractivity contribution is -0.123. The molecule has 1 N–H and O–H groups in total. The smallest absolute Gasteiger partial charge is 0.277 e. The summed E-state index contributed by atoms with van der Waals surface area (Å²) >= 11 is 3.47. The summed E-state index contributed by atoms with van der Waals surface area (Å²) in [6.45, 7) is 4.18. The van der Waals surface area contributed by atoms with Crippen molar-refractivity contribution in [3.05, 3.63) is 64.1 Å². The predicted octanol–water partition coefficient (Wildman–Crippen LogP) is 4.30. The Kier molecular flexibility index (Phi) is 7.00. The van der Waals surface area contributed by atoms with Crippen LogP contribution in [0, 0.1) is 0 Å². The molecule has 0 saturated heterocycles. The third-order valence-corrected chi connectivity index (χ3v) is 4.05. The van der Waals surface area contributed by atoms with Crippen LogP contribution in [-0.2, 0) is 11.2 Å². The molecule has 4 nitrogen and oxygen atoms in total. The zero-order valence-corrected chi connectivity index (χ0v) is 15.4. The van der Waals surface area contributed by atoms with E-state index in [1.54, 1.807) is 6.21 Å². The fourth-order valence-corrected chi connectivity index (χ4v) is 2.56. The van der Waals surface area contributed by atoms with E-state index in [2.05, 4.69) is 40.3 Å². The summed E-state index contributed by atoms with van der Waals surface area (Å²) in [5.41, 5.74) is 4.81. The summed E-state index contributed by atoms with van der Waals surface area (Å²) in [5.74, 6) is 0.791. The topological polar surface area (TPSA) is 50.7 Å². The molecular weight excluding hydrogens is 368 g/mol. The molecule has 0 fully saturated rings. The van der Waals surface area contributed by atoms with Gasteiger partial charge in [0.1, 0.15) is 5.75 Å². The second-order valence-corrected chi connectivity index (χ2v) is 6.52. The van der Waals surface area contributed by atoms with Crippen molar-refractivity contribution in [1.82, 2.24) is 5.43 Å². The lowest BCUT2D eigenvalue weighted by Crippen LogP contribution is -2.24. The van der Waals surface area contributed by atoms with Gasteiger partial charge in [-0.05, 0) is 45.1 Å². The molecule has 126 valence electrons. The van der Waals surface area contributed by atoms with E-state index < -0.39 is 0 Å². The number of carbonyl (C=O) groups excluding carboxylic acids is 1. The lowest BCUT2D eigenvalue weighted by Gasteiger charge is -2.10. The molecule has 2 aromatic carbocycles. The molecule has 0 radical (unpaired) electrons. The quantitative estimate of drug-likeness (QED) is 0.567. The third-order valence-electron chi connectivity index (χ3n) is 3.43. The van der Waals surface area contributed by atoms with Crippen LogP contribution >= 0.6 is 15.9 Å². The Balaban J connectivity index is 1.77. The van der Waals surface area contributed by atoms with Crippen molar-refractivity contribution < 1.29 is 9.53 Å². The van der Waals surface area contributed by atoms with Crippen LogP contribution in [0.2, 0.25) is 0 Å². The summed E-state index contributed by atoms with van der Waals surface area (Å²) in [4.78, 5) is 11.7. The maximum Gasteiger partial charge on any atom is 0.277 e. The highest BCUT2D eigenvalue weighted by Crippen LogP contribution is 2.28. The van der Waals surface area contributed by atoms with Gasteiger partial charge in [0.05, 0.1) is 4.47 Å². The molecule has 24 heavy (non-hydrogen) atoms. The summed E-state index contributed by atoms with van der Waals surface area (Å²) in [6, 6.07) is 15.8. The number of nitrogens with zero attached hydrogens (tertiary/aromatic N) is 1. The highest BCUT2D eigenvalue weighted by Gasteiger charge is 2.07. The second-order valence-electron chi connectivity index (χ2n) is 5.67. The Labute approximate surface area is 151 Å². The first-order valence-corrected chi connectivity index (χ1v) is 8.62. The van der Waals surface area contributed by atoms with Crippen molar-refractivity contribution in [2.75, 3.05) is 6.61 Å². The van der Waals surface area contributed by atoms with Gasteiger partial charge in [-0.3, -0.25) is 4.79 Å². The lowest BCUT2D eigenvalue weighted by atomic mass is 10.0. The number of hydrogen-bond donors (Lipinski definition) is 1. The molecule has 1 amide bonds. The third kappa shape index (κ3) is 5.81. The minimum absolute atomic E-state index is 0.0810. The van der Waals surface area contributed by atoms with Gasteiger partial charge in [-0.15, -0.1) is 0 Å². The van der Waals surface area contributed by atoms with E-state index in [4.69, 9.17) is 4.74 Å². The van der Waals surface area contributed by atoms with Crippen molar-refractivity contribution in [3.63, 3.8) is 0 Å². The first-order chi connectivity index (χ1) is 11.6. The summed E-state index contributed by atoms with van der Waals surface area (Å²) in [5, 5.41) is 3.92. The maximum absolute atomic E-state index is 11.7. The van der Waals surface area contributed by atoms with Crippen molar-refractivity contribution in [2.24, 2.45) is 5.10 Å². The van der Waals surface area contributed by atoms with Crippen molar-refractivity contribution >= 4 is 28.1 Å². The summed E-state index contributed by atoms with van der Waals surface area (Å²) in [6.07, 6.45) is 2.34. The highest BCUT2D eigenvalue weighted by atomic mass is 79.9. The summed E-state index contributed by atoms with van der Waals surface area (Å²) in [7, 11) is 0. The van der Waals surface area contributed by atoms with E-state index in [1.165, 1.54) is 5.56 Å². The number of nitrogens with one attached hydrogen (secondary N) is 1. The maximum atomic E-state index is 11.7. The minimum atomic E-state index is -0.292. The van der Waals surface area contributed by atoms with Crippen molar-refractivity contribution in [3.8, 4) is 5.75 Å². The monoisotopic (exact) mass is 388 g/mol. The van der Waals surface area contributed by atoms with Crippen molar-refractivity contribution in [2.45, 2.75) is 26.2 Å². The van der Waals surface area contributed by atoms with Gasteiger partial charge in [0.25, 0.3) is 5.91 Å². The molecule has 0 saturated carbocycles. The van der Waals surface area contributed by atoms with Gasteiger partial charge in [-0.25, -0.2) is 5.43 Å². The molecule has 5 heteroatoms. The fraction of sp³-hybridized carbons (Fsp3) is 0.263. The highest BCUT2D eigenvalue weighted by molar-refractivity contribution is 9.10. The van der Waals surface area contributed by atoms with E-state index in [9.17, 15) is 4.79 Å². The average Bonchev–Trinajstić information content (AvgIpc) is 2.58. The van der Waals surface area contributed by atoms with Gasteiger partial charge in [-0.1, -0.05) is 50.2 Å². The Morgan fingerprint density at radius 1 is 1.25 bits per heavy atom. The van der Waals surface area contributed by atoms with Gasteiger partial charge in [0.2, 0.25) is 0 Å². The molecule has 0 unspecified atom stereocenters. The SMILES string of the molecule is CC(C)c1ccc(OCC(=O)NN=CCc2ccccc2)c(Br)c1. The van der Waals surface area contributed by atoms with Crippen LogP contribution in [0.25, 0.3) is 0 Å². The molecule has 2 aromatic rings.